The first-order chi connectivity index (χ1) is 9.22. The largest absolute Gasteiger partial charge is 0.486 e. The molecule has 1 N–H and O–H groups in total. The highest BCUT2D eigenvalue weighted by Crippen LogP contribution is 2.29. The lowest BCUT2D eigenvalue weighted by Gasteiger charge is -2.07. The van der Waals surface area contributed by atoms with Crippen LogP contribution in [0, 0.1) is 5.82 Å². The van der Waals surface area contributed by atoms with Crippen molar-refractivity contribution in [3.05, 3.63) is 53.2 Å². The maximum absolute atomic E-state index is 12.7. The van der Waals surface area contributed by atoms with Gasteiger partial charge in [-0.2, -0.15) is 5.10 Å². The topological polar surface area (TPSA) is 50.8 Å². The summed E-state index contributed by atoms with van der Waals surface area (Å²) in [5.41, 5.74) is 1.47. The molecule has 0 saturated carbocycles. The molecule has 96 valence electrons. The quantitative estimate of drug-likeness (QED) is 0.799. The Kier molecular flexibility index (Phi) is 3.05. The van der Waals surface area contributed by atoms with E-state index >= 15 is 0 Å². The van der Waals surface area contributed by atoms with Crippen LogP contribution in [0.15, 0.2) is 36.7 Å². The first kappa shape index (κ1) is 11.9. The zero-order valence-corrected chi connectivity index (χ0v) is 10.5. The number of halogens is 2. The van der Waals surface area contributed by atoms with Crippen LogP contribution in [0.25, 0.3) is 10.9 Å². The van der Waals surface area contributed by atoms with Crippen molar-refractivity contribution in [2.24, 2.45) is 0 Å². The number of fused-ring (bicyclic) bond motifs is 1. The molecule has 1 aromatic carbocycles. The zero-order valence-electron chi connectivity index (χ0n) is 9.73. The lowest BCUT2D eigenvalue weighted by atomic mass is 10.2. The van der Waals surface area contributed by atoms with Crippen LogP contribution in [-0.4, -0.2) is 15.2 Å². The van der Waals surface area contributed by atoms with Gasteiger partial charge in [0.1, 0.15) is 18.2 Å². The fourth-order valence-corrected chi connectivity index (χ4v) is 1.92. The summed E-state index contributed by atoms with van der Waals surface area (Å²) < 4.78 is 18.3. The van der Waals surface area contributed by atoms with Gasteiger partial charge >= 0.3 is 0 Å². The van der Waals surface area contributed by atoms with Crippen molar-refractivity contribution < 1.29 is 9.13 Å². The average Bonchev–Trinajstić information content (AvgIpc) is 2.85. The van der Waals surface area contributed by atoms with Gasteiger partial charge in [-0.3, -0.25) is 10.1 Å². The number of aromatic nitrogens is 3. The van der Waals surface area contributed by atoms with Gasteiger partial charge in [-0.25, -0.2) is 4.39 Å². The Labute approximate surface area is 113 Å². The maximum Gasteiger partial charge on any atom is 0.141 e. The van der Waals surface area contributed by atoms with Crippen molar-refractivity contribution in [1.82, 2.24) is 15.2 Å². The Balaban J connectivity index is 1.80. The van der Waals surface area contributed by atoms with Gasteiger partial charge < -0.3 is 4.74 Å². The molecule has 0 aliphatic heterocycles. The minimum absolute atomic E-state index is 0.222. The molecule has 2 aromatic heterocycles. The van der Waals surface area contributed by atoms with Gasteiger partial charge in [0, 0.05) is 11.5 Å². The molecule has 0 atom stereocenters. The third kappa shape index (κ3) is 2.51. The lowest BCUT2D eigenvalue weighted by Crippen LogP contribution is -1.98. The monoisotopic (exact) mass is 277 g/mol. The SMILES string of the molecule is Fc1ccc(COc2cc3[nH]ncc3cc2Cl)nc1. The molecular weight excluding hydrogens is 269 g/mol. The molecule has 3 rings (SSSR count). The molecule has 0 amide bonds. The molecule has 0 bridgehead atoms. The Hall–Kier alpha value is -2.14. The van der Waals surface area contributed by atoms with E-state index in [4.69, 9.17) is 16.3 Å². The second-order valence-corrected chi connectivity index (χ2v) is 4.40. The van der Waals surface area contributed by atoms with Crippen LogP contribution < -0.4 is 4.74 Å². The summed E-state index contributed by atoms with van der Waals surface area (Å²) >= 11 is 6.10. The Morgan fingerprint density at radius 3 is 2.95 bits per heavy atom. The molecule has 0 aliphatic carbocycles. The number of benzene rings is 1. The minimum atomic E-state index is -0.374. The summed E-state index contributed by atoms with van der Waals surface area (Å²) in [7, 11) is 0. The summed E-state index contributed by atoms with van der Waals surface area (Å²) in [6.07, 6.45) is 2.84. The van der Waals surface area contributed by atoms with Crippen molar-refractivity contribution >= 4 is 22.5 Å². The number of hydrogen-bond donors (Lipinski definition) is 1. The second-order valence-electron chi connectivity index (χ2n) is 4.00. The third-order valence-electron chi connectivity index (χ3n) is 2.66. The average molecular weight is 278 g/mol. The number of hydrogen-bond acceptors (Lipinski definition) is 3. The third-order valence-corrected chi connectivity index (χ3v) is 2.95. The second kappa shape index (κ2) is 4.85. The highest BCUT2D eigenvalue weighted by molar-refractivity contribution is 6.32. The standard InChI is InChI=1S/C13H9ClFN3O/c14-11-3-8-5-17-18-12(8)4-13(11)19-7-10-2-1-9(15)6-16-10/h1-6H,7H2,(H,17,18). The van der Waals surface area contributed by atoms with E-state index in [1.165, 1.54) is 6.07 Å². The first-order valence-corrected chi connectivity index (χ1v) is 5.96. The number of H-pyrrole nitrogens is 1. The van der Waals surface area contributed by atoms with E-state index in [2.05, 4.69) is 15.2 Å². The Morgan fingerprint density at radius 1 is 1.26 bits per heavy atom. The summed E-state index contributed by atoms with van der Waals surface area (Å²) in [5, 5.41) is 8.17. The molecule has 0 spiro atoms. The lowest BCUT2D eigenvalue weighted by molar-refractivity contribution is 0.301. The van der Waals surface area contributed by atoms with Gasteiger partial charge in [0.2, 0.25) is 0 Å². The highest BCUT2D eigenvalue weighted by atomic mass is 35.5. The molecule has 0 unspecified atom stereocenters. The molecule has 4 nitrogen and oxygen atoms in total. The predicted molar refractivity (Wildman–Crippen MR) is 69.6 cm³/mol. The molecule has 2 heterocycles. The van der Waals surface area contributed by atoms with Crippen molar-refractivity contribution in [1.29, 1.82) is 0 Å². The van der Waals surface area contributed by atoms with Gasteiger partial charge in [0.25, 0.3) is 0 Å². The van der Waals surface area contributed by atoms with E-state index in [1.54, 1.807) is 24.4 Å². The zero-order chi connectivity index (χ0) is 13.2. The molecule has 6 heteroatoms. The highest BCUT2D eigenvalue weighted by Gasteiger charge is 2.06. The van der Waals surface area contributed by atoms with Crippen LogP contribution in [0.5, 0.6) is 5.75 Å². The minimum Gasteiger partial charge on any atom is -0.486 e. The molecule has 3 aromatic rings. The molecule has 0 fully saturated rings. The van der Waals surface area contributed by atoms with E-state index in [0.29, 0.717) is 16.5 Å². The van der Waals surface area contributed by atoms with Crippen LogP contribution >= 0.6 is 11.6 Å². The van der Waals surface area contributed by atoms with E-state index < -0.39 is 0 Å². The van der Waals surface area contributed by atoms with Gasteiger partial charge in [-0.05, 0) is 18.2 Å². The van der Waals surface area contributed by atoms with Crippen LogP contribution in [0.1, 0.15) is 5.69 Å². The summed E-state index contributed by atoms with van der Waals surface area (Å²) in [6, 6.07) is 6.45. The summed E-state index contributed by atoms with van der Waals surface area (Å²) in [4.78, 5) is 3.91. The molecular formula is C13H9ClFN3O. The van der Waals surface area contributed by atoms with Crippen LogP contribution in [0.4, 0.5) is 4.39 Å². The van der Waals surface area contributed by atoms with Crippen molar-refractivity contribution in [3.8, 4) is 5.75 Å². The normalized spacial score (nSPS) is 10.8. The summed E-state index contributed by atoms with van der Waals surface area (Å²) in [5.74, 6) is 0.158. The maximum atomic E-state index is 12.7. The molecule has 0 aliphatic rings. The number of nitrogens with zero attached hydrogens (tertiary/aromatic N) is 2. The summed E-state index contributed by atoms with van der Waals surface area (Å²) in [6.45, 7) is 0.222. The van der Waals surface area contributed by atoms with Crippen molar-refractivity contribution in [2.45, 2.75) is 6.61 Å². The smallest absolute Gasteiger partial charge is 0.141 e. The number of aromatic amines is 1. The molecule has 0 radical (unpaired) electrons. The van der Waals surface area contributed by atoms with E-state index in [0.717, 1.165) is 17.1 Å². The first-order valence-electron chi connectivity index (χ1n) is 5.58. The van der Waals surface area contributed by atoms with Crippen LogP contribution in [-0.2, 0) is 6.61 Å². The van der Waals surface area contributed by atoms with Crippen molar-refractivity contribution in [3.63, 3.8) is 0 Å². The van der Waals surface area contributed by atoms with Crippen molar-refractivity contribution in [2.75, 3.05) is 0 Å². The van der Waals surface area contributed by atoms with Crippen LogP contribution in [0.2, 0.25) is 5.02 Å². The number of rotatable bonds is 3. The fraction of sp³-hybridized carbons (Fsp3) is 0.0769. The predicted octanol–water partition coefficient (Wildman–Crippen LogP) is 3.33. The van der Waals surface area contributed by atoms with Gasteiger partial charge in [0.15, 0.2) is 0 Å². The van der Waals surface area contributed by atoms with E-state index in [-0.39, 0.29) is 12.4 Å². The number of nitrogens with one attached hydrogen (secondary N) is 1. The number of pyridine rings is 1. The van der Waals surface area contributed by atoms with E-state index in [1.807, 2.05) is 0 Å². The van der Waals surface area contributed by atoms with Gasteiger partial charge in [-0.1, -0.05) is 11.6 Å². The van der Waals surface area contributed by atoms with Gasteiger partial charge in [0.05, 0.1) is 28.6 Å². The Bertz CT molecular complexity index is 711. The van der Waals surface area contributed by atoms with E-state index in [9.17, 15) is 4.39 Å². The van der Waals surface area contributed by atoms with Crippen LogP contribution in [0.3, 0.4) is 0 Å². The fourth-order valence-electron chi connectivity index (χ4n) is 1.70. The molecule has 19 heavy (non-hydrogen) atoms. The number of ether oxygens (including phenoxy) is 1. The Morgan fingerprint density at radius 2 is 2.16 bits per heavy atom. The van der Waals surface area contributed by atoms with Gasteiger partial charge in [-0.15, -0.1) is 0 Å². The molecule has 0 saturated heterocycles.